The summed E-state index contributed by atoms with van der Waals surface area (Å²) in [5, 5.41) is 0.942. The van der Waals surface area contributed by atoms with Gasteiger partial charge in [0.2, 0.25) is 0 Å². The first kappa shape index (κ1) is 8.59. The zero-order valence-corrected chi connectivity index (χ0v) is 8.47. The standard InChI is InChI=1S/C11H11N3O/c1-14-4-8(5-15)9-10(7-2-3-7)12-6-13-11(9)14/h4-7H,2-3H2,1H3. The van der Waals surface area contributed by atoms with Crippen molar-refractivity contribution in [2.24, 2.45) is 7.05 Å². The van der Waals surface area contributed by atoms with Gasteiger partial charge in [0.1, 0.15) is 12.0 Å². The van der Waals surface area contributed by atoms with Crippen molar-refractivity contribution in [2.75, 3.05) is 0 Å². The Kier molecular flexibility index (Phi) is 1.65. The minimum Gasteiger partial charge on any atom is -0.335 e. The van der Waals surface area contributed by atoms with E-state index in [-0.39, 0.29) is 0 Å². The minimum atomic E-state index is 0.539. The molecule has 2 aromatic heterocycles. The molecule has 0 saturated heterocycles. The van der Waals surface area contributed by atoms with Crippen LogP contribution in [0.2, 0.25) is 0 Å². The van der Waals surface area contributed by atoms with Gasteiger partial charge in [-0.1, -0.05) is 0 Å². The van der Waals surface area contributed by atoms with E-state index in [0.29, 0.717) is 11.5 Å². The molecule has 0 spiro atoms. The van der Waals surface area contributed by atoms with Gasteiger partial charge in [0.15, 0.2) is 6.29 Å². The summed E-state index contributed by atoms with van der Waals surface area (Å²) in [6, 6.07) is 0. The van der Waals surface area contributed by atoms with Crippen molar-refractivity contribution in [3.05, 3.63) is 23.8 Å². The van der Waals surface area contributed by atoms with E-state index in [0.717, 1.165) is 23.0 Å². The van der Waals surface area contributed by atoms with Crippen LogP contribution >= 0.6 is 0 Å². The fourth-order valence-corrected chi connectivity index (χ4v) is 2.02. The number of hydrogen-bond donors (Lipinski definition) is 0. The highest BCUT2D eigenvalue weighted by atomic mass is 16.1. The average molecular weight is 201 g/mol. The maximum Gasteiger partial charge on any atom is 0.152 e. The second kappa shape index (κ2) is 2.89. The maximum absolute atomic E-state index is 11.0. The molecule has 76 valence electrons. The van der Waals surface area contributed by atoms with Gasteiger partial charge in [-0.15, -0.1) is 0 Å². The van der Waals surface area contributed by atoms with Gasteiger partial charge in [0.25, 0.3) is 0 Å². The third-order valence-electron chi connectivity index (χ3n) is 2.90. The molecule has 0 aliphatic heterocycles. The second-order valence-corrected chi connectivity index (χ2v) is 4.04. The molecule has 4 heteroatoms. The fraction of sp³-hybridized carbons (Fsp3) is 0.364. The van der Waals surface area contributed by atoms with E-state index in [2.05, 4.69) is 9.97 Å². The maximum atomic E-state index is 11.0. The molecule has 1 aliphatic carbocycles. The van der Waals surface area contributed by atoms with Crippen LogP contribution in [-0.4, -0.2) is 20.8 Å². The first-order valence-corrected chi connectivity index (χ1v) is 5.06. The van der Waals surface area contributed by atoms with Crippen LogP contribution in [0.15, 0.2) is 12.5 Å². The van der Waals surface area contributed by atoms with Crippen molar-refractivity contribution < 1.29 is 4.79 Å². The van der Waals surface area contributed by atoms with E-state index in [1.165, 1.54) is 12.8 Å². The Bertz CT molecular complexity index is 540. The molecule has 2 heterocycles. The molecule has 15 heavy (non-hydrogen) atoms. The average Bonchev–Trinajstić information content (AvgIpc) is 3.04. The zero-order valence-electron chi connectivity index (χ0n) is 8.47. The van der Waals surface area contributed by atoms with Gasteiger partial charge in [-0.3, -0.25) is 4.79 Å². The third-order valence-corrected chi connectivity index (χ3v) is 2.90. The van der Waals surface area contributed by atoms with Crippen LogP contribution in [-0.2, 0) is 7.05 Å². The summed E-state index contributed by atoms with van der Waals surface area (Å²) in [7, 11) is 1.90. The Balaban J connectivity index is 2.39. The molecule has 0 radical (unpaired) electrons. The van der Waals surface area contributed by atoms with Crippen LogP contribution in [0.5, 0.6) is 0 Å². The number of carbonyl (C=O) groups is 1. The van der Waals surface area contributed by atoms with E-state index >= 15 is 0 Å². The number of fused-ring (bicyclic) bond motifs is 1. The van der Waals surface area contributed by atoms with Gasteiger partial charge in [-0.25, -0.2) is 9.97 Å². The molecule has 4 nitrogen and oxygen atoms in total. The molecule has 0 N–H and O–H groups in total. The zero-order chi connectivity index (χ0) is 10.4. The Labute approximate surface area is 87.0 Å². The molecule has 0 unspecified atom stereocenters. The Hall–Kier alpha value is -1.71. The van der Waals surface area contributed by atoms with E-state index in [4.69, 9.17) is 0 Å². The number of aromatic nitrogens is 3. The predicted octanol–water partition coefficient (Wildman–Crippen LogP) is 1.66. The predicted molar refractivity (Wildman–Crippen MR) is 55.9 cm³/mol. The summed E-state index contributed by atoms with van der Waals surface area (Å²) < 4.78 is 1.88. The normalized spacial score (nSPS) is 15.8. The summed E-state index contributed by atoms with van der Waals surface area (Å²) in [4.78, 5) is 19.5. The molecule has 0 bridgehead atoms. The summed E-state index contributed by atoms with van der Waals surface area (Å²) in [5.41, 5.74) is 2.60. The van der Waals surface area contributed by atoms with Crippen LogP contribution < -0.4 is 0 Å². The summed E-state index contributed by atoms with van der Waals surface area (Å²) >= 11 is 0. The smallest absolute Gasteiger partial charge is 0.152 e. The lowest BCUT2D eigenvalue weighted by Gasteiger charge is -2.00. The van der Waals surface area contributed by atoms with Crippen molar-refractivity contribution in [3.63, 3.8) is 0 Å². The lowest BCUT2D eigenvalue weighted by Crippen LogP contribution is -1.93. The van der Waals surface area contributed by atoms with Crippen LogP contribution in [0.4, 0.5) is 0 Å². The minimum absolute atomic E-state index is 0.539. The number of aldehydes is 1. The Morgan fingerprint density at radius 3 is 2.93 bits per heavy atom. The number of rotatable bonds is 2. The van der Waals surface area contributed by atoms with E-state index < -0.39 is 0 Å². The molecule has 1 saturated carbocycles. The first-order chi connectivity index (χ1) is 7.31. The van der Waals surface area contributed by atoms with Gasteiger partial charge in [0, 0.05) is 24.7 Å². The van der Waals surface area contributed by atoms with Crippen LogP contribution in [0.1, 0.15) is 34.8 Å². The Morgan fingerprint density at radius 2 is 2.27 bits per heavy atom. The first-order valence-electron chi connectivity index (χ1n) is 5.06. The molecular formula is C11H11N3O. The van der Waals surface area contributed by atoms with E-state index in [9.17, 15) is 4.79 Å². The highest BCUT2D eigenvalue weighted by Gasteiger charge is 2.28. The monoisotopic (exact) mass is 201 g/mol. The highest BCUT2D eigenvalue weighted by Crippen LogP contribution is 2.42. The number of nitrogens with zero attached hydrogens (tertiary/aromatic N) is 3. The molecule has 3 rings (SSSR count). The summed E-state index contributed by atoms with van der Waals surface area (Å²) in [6.45, 7) is 0. The molecule has 0 amide bonds. The molecule has 0 aromatic carbocycles. The molecule has 0 atom stereocenters. The molecule has 1 aliphatic rings. The SMILES string of the molecule is Cn1cc(C=O)c2c(C3CC3)ncnc21. The second-order valence-electron chi connectivity index (χ2n) is 4.04. The van der Waals surface area contributed by atoms with Crippen LogP contribution in [0, 0.1) is 0 Å². The summed E-state index contributed by atoms with van der Waals surface area (Å²) in [6.07, 6.45) is 6.65. The lowest BCUT2D eigenvalue weighted by atomic mass is 10.1. The van der Waals surface area contributed by atoms with Gasteiger partial charge in [-0.2, -0.15) is 0 Å². The topological polar surface area (TPSA) is 47.8 Å². The quantitative estimate of drug-likeness (QED) is 0.694. The number of hydrogen-bond acceptors (Lipinski definition) is 3. The summed E-state index contributed by atoms with van der Waals surface area (Å²) in [5.74, 6) is 0.539. The van der Waals surface area contributed by atoms with Gasteiger partial charge in [0.05, 0.1) is 11.1 Å². The van der Waals surface area contributed by atoms with Gasteiger partial charge < -0.3 is 4.57 Å². The van der Waals surface area contributed by atoms with Gasteiger partial charge in [-0.05, 0) is 12.8 Å². The lowest BCUT2D eigenvalue weighted by molar-refractivity contribution is 0.112. The highest BCUT2D eigenvalue weighted by molar-refractivity contribution is 5.97. The van der Waals surface area contributed by atoms with Crippen molar-refractivity contribution in [2.45, 2.75) is 18.8 Å². The van der Waals surface area contributed by atoms with Crippen molar-refractivity contribution >= 4 is 17.3 Å². The van der Waals surface area contributed by atoms with E-state index in [1.807, 2.05) is 17.8 Å². The van der Waals surface area contributed by atoms with Crippen LogP contribution in [0.3, 0.4) is 0 Å². The fourth-order valence-electron chi connectivity index (χ4n) is 2.02. The van der Waals surface area contributed by atoms with E-state index in [1.54, 1.807) is 6.33 Å². The van der Waals surface area contributed by atoms with Crippen molar-refractivity contribution in [3.8, 4) is 0 Å². The molecule has 2 aromatic rings. The van der Waals surface area contributed by atoms with Crippen molar-refractivity contribution in [1.29, 1.82) is 0 Å². The Morgan fingerprint density at radius 1 is 1.47 bits per heavy atom. The molecular weight excluding hydrogens is 190 g/mol. The molecule has 1 fully saturated rings. The largest absolute Gasteiger partial charge is 0.335 e. The van der Waals surface area contributed by atoms with Gasteiger partial charge >= 0.3 is 0 Å². The van der Waals surface area contributed by atoms with Crippen LogP contribution in [0.25, 0.3) is 11.0 Å². The number of carbonyl (C=O) groups excluding carboxylic acids is 1. The third kappa shape index (κ3) is 1.17. The number of aryl methyl sites for hydroxylation is 1. The van der Waals surface area contributed by atoms with Crippen molar-refractivity contribution in [1.82, 2.24) is 14.5 Å².